The van der Waals surface area contributed by atoms with Crippen molar-refractivity contribution in [2.45, 2.75) is 73.0 Å². The number of aliphatic imine (C=N–C) groups is 1. The fourth-order valence-electron chi connectivity index (χ4n) is 2.58. The summed E-state index contributed by atoms with van der Waals surface area (Å²) in [5.41, 5.74) is 1.05. The molecule has 1 aromatic rings. The lowest BCUT2D eigenvalue weighted by Crippen LogP contribution is -2.45. The molecule has 1 rings (SSSR count). The summed E-state index contributed by atoms with van der Waals surface area (Å²) in [5.74, 6) is 1.35. The third-order valence-corrected chi connectivity index (χ3v) is 4.99. The van der Waals surface area contributed by atoms with Crippen LogP contribution >= 0.6 is 35.3 Å². The quantitative estimate of drug-likeness (QED) is 0.317. The van der Waals surface area contributed by atoms with E-state index in [-0.39, 0.29) is 24.0 Å². The number of rotatable bonds is 9. The molecule has 0 saturated heterocycles. The molecule has 0 aliphatic carbocycles. The molecule has 146 valence electrons. The van der Waals surface area contributed by atoms with Crippen LogP contribution in [0.15, 0.2) is 10.4 Å². The summed E-state index contributed by atoms with van der Waals surface area (Å²) < 4.78 is 0. The summed E-state index contributed by atoms with van der Waals surface area (Å²) in [6.07, 6.45) is 0. The Bertz CT molecular complexity index is 491. The maximum atomic E-state index is 4.66. The second kappa shape index (κ2) is 12.9. The lowest BCUT2D eigenvalue weighted by Gasteiger charge is -2.30. The molecular weight excluding hydrogens is 445 g/mol. The molecule has 0 spiro atoms. The van der Waals surface area contributed by atoms with Gasteiger partial charge in [0.15, 0.2) is 5.96 Å². The molecule has 0 fully saturated rings. The van der Waals surface area contributed by atoms with E-state index >= 15 is 0 Å². The minimum absolute atomic E-state index is 0. The van der Waals surface area contributed by atoms with Gasteiger partial charge < -0.3 is 10.6 Å². The van der Waals surface area contributed by atoms with Gasteiger partial charge in [-0.05, 0) is 34.6 Å². The predicted octanol–water partition coefficient (Wildman–Crippen LogP) is 4.06. The highest BCUT2D eigenvalue weighted by Crippen LogP contribution is 2.19. The summed E-state index contributed by atoms with van der Waals surface area (Å²) >= 11 is 1.72. The molecule has 0 aliphatic heterocycles. The molecule has 0 amide bonds. The van der Waals surface area contributed by atoms with Crippen LogP contribution in [0.1, 0.15) is 65.1 Å². The standard InChI is InChI=1S/C18H35N5S.HI/c1-8-19-18(20-9-10-23(14(4)5)15(6)7)21-11-16-12-24-17(22-16)13(2)3;/h12-15H,8-11H2,1-7H3,(H2,19,20,21);1H. The second-order valence-corrected chi connectivity index (χ2v) is 7.77. The van der Waals surface area contributed by atoms with Crippen LogP contribution in [0.3, 0.4) is 0 Å². The summed E-state index contributed by atoms with van der Waals surface area (Å²) in [7, 11) is 0. The molecule has 0 aliphatic rings. The first kappa shape index (κ1) is 24.6. The van der Waals surface area contributed by atoms with Crippen LogP contribution < -0.4 is 10.6 Å². The minimum atomic E-state index is 0. The van der Waals surface area contributed by atoms with Crippen molar-refractivity contribution in [3.05, 3.63) is 16.1 Å². The second-order valence-electron chi connectivity index (χ2n) is 6.88. The Kier molecular flexibility index (Phi) is 12.7. The van der Waals surface area contributed by atoms with Crippen molar-refractivity contribution in [1.29, 1.82) is 0 Å². The lowest BCUT2D eigenvalue weighted by atomic mass is 10.2. The molecular formula is C18H36IN5S. The zero-order valence-corrected chi connectivity index (χ0v) is 19.9. The largest absolute Gasteiger partial charge is 0.357 e. The van der Waals surface area contributed by atoms with Crippen molar-refractivity contribution in [2.75, 3.05) is 19.6 Å². The van der Waals surface area contributed by atoms with Crippen molar-refractivity contribution < 1.29 is 0 Å². The average Bonchev–Trinajstić information content (AvgIpc) is 2.97. The van der Waals surface area contributed by atoms with E-state index in [1.807, 2.05) is 0 Å². The van der Waals surface area contributed by atoms with Crippen molar-refractivity contribution in [2.24, 2.45) is 4.99 Å². The third-order valence-electron chi connectivity index (χ3n) is 3.80. The summed E-state index contributed by atoms with van der Waals surface area (Å²) in [6, 6.07) is 1.10. The lowest BCUT2D eigenvalue weighted by molar-refractivity contribution is 0.178. The molecule has 0 atom stereocenters. The van der Waals surface area contributed by atoms with Gasteiger partial charge in [0.2, 0.25) is 0 Å². The van der Waals surface area contributed by atoms with Gasteiger partial charge in [0.05, 0.1) is 17.2 Å². The number of guanidine groups is 1. The first-order chi connectivity index (χ1) is 11.3. The van der Waals surface area contributed by atoms with Gasteiger partial charge in [-0.1, -0.05) is 13.8 Å². The van der Waals surface area contributed by atoms with Crippen molar-refractivity contribution >= 4 is 41.3 Å². The van der Waals surface area contributed by atoms with E-state index < -0.39 is 0 Å². The van der Waals surface area contributed by atoms with Gasteiger partial charge in [-0.25, -0.2) is 9.98 Å². The molecule has 7 heteroatoms. The zero-order valence-electron chi connectivity index (χ0n) is 16.8. The smallest absolute Gasteiger partial charge is 0.191 e. The summed E-state index contributed by atoms with van der Waals surface area (Å²) in [4.78, 5) is 11.8. The van der Waals surface area contributed by atoms with E-state index in [2.05, 4.69) is 79.4 Å². The van der Waals surface area contributed by atoms with Crippen LogP contribution in [0, 0.1) is 0 Å². The van der Waals surface area contributed by atoms with Gasteiger partial charge in [-0.2, -0.15) is 0 Å². The highest BCUT2D eigenvalue weighted by molar-refractivity contribution is 14.0. The third kappa shape index (κ3) is 9.19. The van der Waals surface area contributed by atoms with E-state index in [0.29, 0.717) is 24.5 Å². The molecule has 0 aromatic carbocycles. The van der Waals surface area contributed by atoms with Gasteiger partial charge >= 0.3 is 0 Å². The van der Waals surface area contributed by atoms with Crippen molar-refractivity contribution in [3.8, 4) is 0 Å². The summed E-state index contributed by atoms with van der Waals surface area (Å²) in [5, 5.41) is 10.0. The maximum Gasteiger partial charge on any atom is 0.191 e. The molecule has 1 heterocycles. The predicted molar refractivity (Wildman–Crippen MR) is 121 cm³/mol. The monoisotopic (exact) mass is 481 g/mol. The average molecular weight is 481 g/mol. The molecule has 0 bridgehead atoms. The van der Waals surface area contributed by atoms with Gasteiger partial charge in [0, 0.05) is 43.0 Å². The highest BCUT2D eigenvalue weighted by Gasteiger charge is 2.12. The number of thiazole rings is 1. The first-order valence-corrected chi connectivity index (χ1v) is 9.95. The van der Waals surface area contributed by atoms with Gasteiger partial charge in [0.25, 0.3) is 0 Å². The first-order valence-electron chi connectivity index (χ1n) is 9.07. The Morgan fingerprint density at radius 1 is 1.16 bits per heavy atom. The normalized spacial score (nSPS) is 12.2. The number of aromatic nitrogens is 1. The van der Waals surface area contributed by atoms with Crippen LogP contribution in [0.5, 0.6) is 0 Å². The number of hydrogen-bond acceptors (Lipinski definition) is 4. The van der Waals surface area contributed by atoms with Crippen LogP contribution in [0.2, 0.25) is 0 Å². The van der Waals surface area contributed by atoms with Gasteiger partial charge in [-0.3, -0.25) is 4.90 Å². The molecule has 0 saturated carbocycles. The fourth-order valence-corrected chi connectivity index (χ4v) is 3.40. The topological polar surface area (TPSA) is 52.6 Å². The van der Waals surface area contributed by atoms with E-state index in [0.717, 1.165) is 31.3 Å². The zero-order chi connectivity index (χ0) is 18.1. The summed E-state index contributed by atoms with van der Waals surface area (Å²) in [6.45, 7) is 18.8. The van der Waals surface area contributed by atoms with Gasteiger partial charge in [-0.15, -0.1) is 35.3 Å². The number of hydrogen-bond donors (Lipinski definition) is 2. The van der Waals surface area contributed by atoms with E-state index in [1.54, 1.807) is 11.3 Å². The molecule has 1 aromatic heterocycles. The van der Waals surface area contributed by atoms with E-state index in [9.17, 15) is 0 Å². The van der Waals surface area contributed by atoms with Crippen LogP contribution in [0.25, 0.3) is 0 Å². The van der Waals surface area contributed by atoms with Gasteiger partial charge in [0.1, 0.15) is 0 Å². The Labute approximate surface area is 175 Å². The fraction of sp³-hybridized carbons (Fsp3) is 0.778. The molecule has 0 radical (unpaired) electrons. The molecule has 5 nitrogen and oxygen atoms in total. The maximum absolute atomic E-state index is 4.66. The van der Waals surface area contributed by atoms with E-state index in [4.69, 9.17) is 0 Å². The SMILES string of the molecule is CCNC(=NCc1csc(C(C)C)n1)NCCN(C(C)C)C(C)C.I. The molecule has 0 unspecified atom stereocenters. The van der Waals surface area contributed by atoms with Crippen LogP contribution in [0.4, 0.5) is 0 Å². The molecule has 2 N–H and O–H groups in total. The number of halogens is 1. The Morgan fingerprint density at radius 2 is 1.80 bits per heavy atom. The van der Waals surface area contributed by atoms with E-state index in [1.165, 1.54) is 5.01 Å². The number of nitrogens with zero attached hydrogens (tertiary/aromatic N) is 3. The molecule has 25 heavy (non-hydrogen) atoms. The van der Waals surface area contributed by atoms with Crippen LogP contribution in [-0.4, -0.2) is 47.6 Å². The Hall–Kier alpha value is -0.410. The Morgan fingerprint density at radius 3 is 2.28 bits per heavy atom. The van der Waals surface area contributed by atoms with Crippen molar-refractivity contribution in [3.63, 3.8) is 0 Å². The highest BCUT2D eigenvalue weighted by atomic mass is 127. The van der Waals surface area contributed by atoms with Crippen molar-refractivity contribution in [1.82, 2.24) is 20.5 Å². The van der Waals surface area contributed by atoms with Crippen LogP contribution in [-0.2, 0) is 6.54 Å². The Balaban J connectivity index is 0.00000576. The number of nitrogens with one attached hydrogen (secondary N) is 2. The minimum Gasteiger partial charge on any atom is -0.357 e.